The second-order valence-corrected chi connectivity index (χ2v) is 5.05. The van der Waals surface area contributed by atoms with Gasteiger partial charge in [-0.1, -0.05) is 36.3 Å². The molecule has 2 aromatic rings. The Morgan fingerprint density at radius 3 is 2.62 bits per heavy atom. The summed E-state index contributed by atoms with van der Waals surface area (Å²) >= 11 is 3.38. The molecular formula is C17H13BrO3. The van der Waals surface area contributed by atoms with Crippen molar-refractivity contribution in [3.8, 4) is 18.1 Å². The van der Waals surface area contributed by atoms with Crippen molar-refractivity contribution in [3.05, 3.63) is 64.1 Å². The van der Waals surface area contributed by atoms with Crippen LogP contribution in [-0.4, -0.2) is 12.6 Å². The lowest BCUT2D eigenvalue weighted by Gasteiger charge is -2.09. The molecule has 0 heterocycles. The minimum absolute atomic E-state index is 0.0390. The molecule has 0 radical (unpaired) electrons. The Morgan fingerprint density at radius 1 is 1.19 bits per heavy atom. The molecule has 21 heavy (non-hydrogen) atoms. The Balaban J connectivity index is 2.02. The zero-order valence-corrected chi connectivity index (χ0v) is 12.8. The zero-order valence-electron chi connectivity index (χ0n) is 11.2. The number of hydrogen-bond donors (Lipinski definition) is 0. The van der Waals surface area contributed by atoms with Gasteiger partial charge in [-0.2, -0.15) is 0 Å². The van der Waals surface area contributed by atoms with E-state index in [1.165, 1.54) is 0 Å². The van der Waals surface area contributed by atoms with Gasteiger partial charge >= 0.3 is 5.97 Å². The van der Waals surface area contributed by atoms with Crippen LogP contribution < -0.4 is 4.74 Å². The first kappa shape index (κ1) is 15.1. The number of carbonyl (C=O) groups is 1. The topological polar surface area (TPSA) is 35.5 Å². The first-order valence-electron chi connectivity index (χ1n) is 6.27. The maximum absolute atomic E-state index is 11.7. The molecule has 2 rings (SSSR count). The van der Waals surface area contributed by atoms with Crippen molar-refractivity contribution < 1.29 is 14.3 Å². The molecule has 0 aliphatic heterocycles. The molecule has 0 atom stereocenters. The van der Waals surface area contributed by atoms with Gasteiger partial charge in [0.05, 0.1) is 10.0 Å². The molecule has 0 bridgehead atoms. The third kappa shape index (κ3) is 4.37. The van der Waals surface area contributed by atoms with Crippen LogP contribution in [0.4, 0.5) is 0 Å². The highest BCUT2D eigenvalue weighted by Gasteiger charge is 2.10. The predicted octanol–water partition coefficient (Wildman–Crippen LogP) is 3.82. The number of halogens is 1. The molecule has 0 unspecified atom stereocenters. The van der Waals surface area contributed by atoms with Crippen molar-refractivity contribution in [1.82, 2.24) is 0 Å². The second kappa shape index (κ2) is 7.51. The van der Waals surface area contributed by atoms with E-state index in [0.717, 1.165) is 5.56 Å². The smallest absolute Gasteiger partial charge is 0.339 e. The van der Waals surface area contributed by atoms with Gasteiger partial charge in [0.25, 0.3) is 0 Å². The zero-order chi connectivity index (χ0) is 15.1. The van der Waals surface area contributed by atoms with Crippen LogP contribution in [0.2, 0.25) is 0 Å². The average Bonchev–Trinajstić information content (AvgIpc) is 2.52. The van der Waals surface area contributed by atoms with Crippen LogP contribution in [0.1, 0.15) is 15.9 Å². The fraction of sp³-hybridized carbons (Fsp3) is 0.118. The van der Waals surface area contributed by atoms with Crippen LogP contribution in [0.3, 0.4) is 0 Å². The Bertz CT molecular complexity index is 659. The maximum Gasteiger partial charge on any atom is 0.339 e. The van der Waals surface area contributed by atoms with Crippen LogP contribution in [0.5, 0.6) is 5.75 Å². The highest BCUT2D eigenvalue weighted by molar-refractivity contribution is 9.10. The minimum atomic E-state index is -0.455. The van der Waals surface area contributed by atoms with Crippen LogP contribution >= 0.6 is 15.9 Å². The molecule has 0 aliphatic rings. The van der Waals surface area contributed by atoms with Crippen molar-refractivity contribution in [2.75, 3.05) is 6.61 Å². The van der Waals surface area contributed by atoms with E-state index in [2.05, 4.69) is 21.9 Å². The van der Waals surface area contributed by atoms with Crippen LogP contribution in [-0.2, 0) is 11.3 Å². The van der Waals surface area contributed by atoms with Crippen LogP contribution in [0.25, 0.3) is 0 Å². The predicted molar refractivity (Wildman–Crippen MR) is 84.0 cm³/mol. The number of carbonyl (C=O) groups excluding carboxylic acids is 1. The van der Waals surface area contributed by atoms with Gasteiger partial charge < -0.3 is 9.47 Å². The molecule has 0 saturated carbocycles. The van der Waals surface area contributed by atoms with E-state index >= 15 is 0 Å². The number of rotatable bonds is 5. The van der Waals surface area contributed by atoms with Crippen LogP contribution in [0, 0.1) is 12.3 Å². The van der Waals surface area contributed by atoms with E-state index in [4.69, 9.17) is 15.9 Å². The molecule has 0 aliphatic carbocycles. The molecule has 4 heteroatoms. The molecule has 3 nitrogen and oxygen atoms in total. The van der Waals surface area contributed by atoms with Gasteiger partial charge in [0.15, 0.2) is 6.61 Å². The number of terminal acetylenes is 1. The average molecular weight is 345 g/mol. The number of esters is 1. The maximum atomic E-state index is 11.7. The van der Waals surface area contributed by atoms with Crippen molar-refractivity contribution in [1.29, 1.82) is 0 Å². The molecule has 2 aromatic carbocycles. The first-order valence-corrected chi connectivity index (χ1v) is 7.07. The summed E-state index contributed by atoms with van der Waals surface area (Å²) < 4.78 is 11.3. The summed E-state index contributed by atoms with van der Waals surface area (Å²) in [5.74, 6) is 2.46. The van der Waals surface area contributed by atoms with E-state index in [0.29, 0.717) is 22.4 Å². The molecule has 0 amide bonds. The van der Waals surface area contributed by atoms with Gasteiger partial charge in [0, 0.05) is 0 Å². The Labute approximate surface area is 132 Å². The standard InChI is InChI=1S/C17H13BrO3/c1-2-10-20-17(19)14-8-9-16(15(18)11-14)21-12-13-6-4-3-5-7-13/h1,3-9,11H,10,12H2. The van der Waals surface area contributed by atoms with Gasteiger partial charge in [0.1, 0.15) is 12.4 Å². The van der Waals surface area contributed by atoms with Gasteiger partial charge in [-0.15, -0.1) is 6.42 Å². The summed E-state index contributed by atoms with van der Waals surface area (Å²) in [6.07, 6.45) is 5.05. The van der Waals surface area contributed by atoms with E-state index in [-0.39, 0.29) is 6.61 Å². The van der Waals surface area contributed by atoms with Gasteiger partial charge in [-0.05, 0) is 39.7 Å². The quantitative estimate of drug-likeness (QED) is 0.611. The van der Waals surface area contributed by atoms with Crippen molar-refractivity contribution >= 4 is 21.9 Å². The number of ether oxygens (including phenoxy) is 2. The molecule has 0 saturated heterocycles. The van der Waals surface area contributed by atoms with Crippen LogP contribution in [0.15, 0.2) is 53.0 Å². The summed E-state index contributed by atoms with van der Waals surface area (Å²) in [4.78, 5) is 11.7. The summed E-state index contributed by atoms with van der Waals surface area (Å²) in [7, 11) is 0. The van der Waals surface area contributed by atoms with Gasteiger partial charge in [-0.3, -0.25) is 0 Å². The molecule has 0 N–H and O–H groups in total. The summed E-state index contributed by atoms with van der Waals surface area (Å²) in [5.41, 5.74) is 1.49. The monoisotopic (exact) mass is 344 g/mol. The molecule has 0 spiro atoms. The fourth-order valence-electron chi connectivity index (χ4n) is 1.67. The highest BCUT2D eigenvalue weighted by Crippen LogP contribution is 2.27. The Morgan fingerprint density at radius 2 is 1.95 bits per heavy atom. The first-order chi connectivity index (χ1) is 10.2. The lowest BCUT2D eigenvalue weighted by atomic mass is 10.2. The second-order valence-electron chi connectivity index (χ2n) is 4.20. The summed E-state index contributed by atoms with van der Waals surface area (Å²) in [5, 5.41) is 0. The Kier molecular flexibility index (Phi) is 5.42. The molecule has 106 valence electrons. The van der Waals surface area contributed by atoms with Gasteiger partial charge in [0.2, 0.25) is 0 Å². The molecule has 0 aromatic heterocycles. The Hall–Kier alpha value is -2.25. The molecule has 0 fully saturated rings. The van der Waals surface area contributed by atoms with Gasteiger partial charge in [-0.25, -0.2) is 4.79 Å². The third-order valence-corrected chi connectivity index (χ3v) is 3.31. The van der Waals surface area contributed by atoms with E-state index in [1.807, 2.05) is 30.3 Å². The SMILES string of the molecule is C#CCOC(=O)c1ccc(OCc2ccccc2)c(Br)c1. The summed E-state index contributed by atoms with van der Waals surface area (Å²) in [6, 6.07) is 14.9. The number of hydrogen-bond acceptors (Lipinski definition) is 3. The van der Waals surface area contributed by atoms with E-state index in [9.17, 15) is 4.79 Å². The largest absolute Gasteiger partial charge is 0.488 e. The van der Waals surface area contributed by atoms with E-state index < -0.39 is 5.97 Å². The lowest BCUT2D eigenvalue weighted by Crippen LogP contribution is -2.05. The third-order valence-electron chi connectivity index (χ3n) is 2.69. The van der Waals surface area contributed by atoms with Crippen molar-refractivity contribution in [2.24, 2.45) is 0 Å². The molecular weight excluding hydrogens is 332 g/mol. The van der Waals surface area contributed by atoms with E-state index in [1.54, 1.807) is 18.2 Å². The van der Waals surface area contributed by atoms with Crippen molar-refractivity contribution in [2.45, 2.75) is 6.61 Å². The lowest BCUT2D eigenvalue weighted by molar-refractivity contribution is 0.0556. The highest BCUT2D eigenvalue weighted by atomic mass is 79.9. The fourth-order valence-corrected chi connectivity index (χ4v) is 2.16. The number of benzene rings is 2. The normalized spacial score (nSPS) is 9.71. The summed E-state index contributed by atoms with van der Waals surface area (Å²) in [6.45, 7) is 0.420. The minimum Gasteiger partial charge on any atom is -0.488 e. The van der Waals surface area contributed by atoms with Crippen molar-refractivity contribution in [3.63, 3.8) is 0 Å².